The van der Waals surface area contributed by atoms with Crippen molar-refractivity contribution in [2.24, 2.45) is 5.41 Å². The Labute approximate surface area is 112 Å². The molecule has 0 radical (unpaired) electrons. The normalized spacial score (nSPS) is 17.7. The van der Waals surface area contributed by atoms with Gasteiger partial charge in [-0.3, -0.25) is 0 Å². The summed E-state index contributed by atoms with van der Waals surface area (Å²) in [6.07, 6.45) is 3.94. The molecule has 0 amide bonds. The highest BCUT2D eigenvalue weighted by molar-refractivity contribution is 7.71. The highest BCUT2D eigenvalue weighted by Gasteiger charge is 2.32. The quantitative estimate of drug-likeness (QED) is 0.850. The molecule has 0 atom stereocenters. The number of fused-ring (bicyclic) bond motifs is 1. The third kappa shape index (κ3) is 1.75. The van der Waals surface area contributed by atoms with Gasteiger partial charge in [-0.25, -0.2) is 0 Å². The summed E-state index contributed by atoms with van der Waals surface area (Å²) in [7, 11) is 1.69. The van der Waals surface area contributed by atoms with E-state index in [1.165, 1.54) is 19.3 Å². The Bertz CT molecular complexity index is 637. The maximum Gasteiger partial charge on any atom is 0.178 e. The largest absolute Gasteiger partial charge is 0.494 e. The molecule has 0 aliphatic heterocycles. The van der Waals surface area contributed by atoms with Gasteiger partial charge in [-0.2, -0.15) is 0 Å². The summed E-state index contributed by atoms with van der Waals surface area (Å²) in [6.45, 7) is 3.34. The number of imidazole rings is 1. The highest BCUT2D eigenvalue weighted by Crippen LogP contribution is 2.42. The molecule has 1 aliphatic rings. The zero-order valence-corrected chi connectivity index (χ0v) is 11.6. The molecule has 1 aliphatic carbocycles. The van der Waals surface area contributed by atoms with Gasteiger partial charge in [0.2, 0.25) is 0 Å². The Morgan fingerprint density at radius 1 is 1.44 bits per heavy atom. The van der Waals surface area contributed by atoms with Gasteiger partial charge < -0.3 is 14.3 Å². The van der Waals surface area contributed by atoms with Crippen LogP contribution in [0.1, 0.15) is 26.2 Å². The number of para-hydroxylation sites is 1. The van der Waals surface area contributed by atoms with Crippen LogP contribution in [0.15, 0.2) is 18.2 Å². The molecule has 18 heavy (non-hydrogen) atoms. The van der Waals surface area contributed by atoms with Gasteiger partial charge in [0.25, 0.3) is 0 Å². The maximum absolute atomic E-state index is 5.45. The SMILES string of the molecule is COc1cccc2c1[nH]c(=S)n2CC1(C)CCC1. The number of benzene rings is 1. The predicted octanol–water partition coefficient (Wildman–Crippen LogP) is 3.90. The van der Waals surface area contributed by atoms with Crippen LogP contribution in [-0.2, 0) is 6.54 Å². The predicted molar refractivity (Wildman–Crippen MR) is 75.6 cm³/mol. The average molecular weight is 262 g/mol. The van der Waals surface area contributed by atoms with E-state index in [0.717, 1.165) is 28.1 Å². The van der Waals surface area contributed by atoms with Crippen molar-refractivity contribution < 1.29 is 4.74 Å². The first-order valence-corrected chi connectivity index (χ1v) is 6.79. The molecular weight excluding hydrogens is 244 g/mol. The second-order valence-corrected chi connectivity index (χ2v) is 5.92. The van der Waals surface area contributed by atoms with E-state index in [2.05, 4.69) is 22.5 Å². The van der Waals surface area contributed by atoms with E-state index < -0.39 is 0 Å². The molecular formula is C14H18N2OS. The molecule has 0 bridgehead atoms. The van der Waals surface area contributed by atoms with E-state index in [1.807, 2.05) is 12.1 Å². The second-order valence-electron chi connectivity index (χ2n) is 5.53. The van der Waals surface area contributed by atoms with Gasteiger partial charge in [0.1, 0.15) is 11.3 Å². The first-order chi connectivity index (χ1) is 8.63. The molecule has 0 unspecified atom stereocenters. The minimum atomic E-state index is 0.413. The summed E-state index contributed by atoms with van der Waals surface area (Å²) >= 11 is 5.45. The number of aromatic nitrogens is 2. The van der Waals surface area contributed by atoms with Crippen LogP contribution in [0.25, 0.3) is 11.0 Å². The molecule has 0 saturated heterocycles. The Kier molecular flexibility index (Phi) is 2.70. The van der Waals surface area contributed by atoms with Crippen molar-refractivity contribution in [1.29, 1.82) is 0 Å². The van der Waals surface area contributed by atoms with Crippen LogP contribution >= 0.6 is 12.2 Å². The number of hydrogen-bond donors (Lipinski definition) is 1. The van der Waals surface area contributed by atoms with Gasteiger partial charge >= 0.3 is 0 Å². The maximum atomic E-state index is 5.45. The molecule has 1 heterocycles. The summed E-state index contributed by atoms with van der Waals surface area (Å²) in [5.41, 5.74) is 2.57. The summed E-state index contributed by atoms with van der Waals surface area (Å²) < 4.78 is 8.38. The van der Waals surface area contributed by atoms with Crippen LogP contribution < -0.4 is 4.74 Å². The Morgan fingerprint density at radius 2 is 2.22 bits per heavy atom. The lowest BCUT2D eigenvalue weighted by molar-refractivity contribution is 0.133. The van der Waals surface area contributed by atoms with Crippen LogP contribution in [0.2, 0.25) is 0 Å². The van der Waals surface area contributed by atoms with E-state index in [1.54, 1.807) is 7.11 Å². The van der Waals surface area contributed by atoms with Crippen molar-refractivity contribution in [2.45, 2.75) is 32.7 Å². The van der Waals surface area contributed by atoms with Crippen LogP contribution in [0, 0.1) is 10.2 Å². The van der Waals surface area contributed by atoms with Gasteiger partial charge in [-0.1, -0.05) is 19.4 Å². The van der Waals surface area contributed by atoms with Gasteiger partial charge in [-0.05, 0) is 42.6 Å². The van der Waals surface area contributed by atoms with Gasteiger partial charge in [-0.15, -0.1) is 0 Å². The first-order valence-electron chi connectivity index (χ1n) is 6.38. The lowest BCUT2D eigenvalue weighted by atomic mass is 9.70. The van der Waals surface area contributed by atoms with E-state index in [4.69, 9.17) is 17.0 Å². The summed E-state index contributed by atoms with van der Waals surface area (Å²) in [5.74, 6) is 0.858. The Morgan fingerprint density at radius 3 is 2.83 bits per heavy atom. The van der Waals surface area contributed by atoms with Crippen LogP contribution in [-0.4, -0.2) is 16.7 Å². The third-order valence-electron chi connectivity index (χ3n) is 4.09. The molecule has 1 aromatic heterocycles. The standard InChI is InChI=1S/C14H18N2OS/c1-14(7-4-8-14)9-16-10-5-3-6-11(17-2)12(10)15-13(16)18/h3,5-6H,4,7-9H2,1-2H3,(H,15,18). The first kappa shape index (κ1) is 11.8. The van der Waals surface area contributed by atoms with Crippen molar-refractivity contribution in [1.82, 2.24) is 9.55 Å². The van der Waals surface area contributed by atoms with Gasteiger partial charge in [0.05, 0.1) is 12.6 Å². The monoisotopic (exact) mass is 262 g/mol. The number of hydrogen-bond acceptors (Lipinski definition) is 2. The van der Waals surface area contributed by atoms with Crippen molar-refractivity contribution in [3.05, 3.63) is 23.0 Å². The number of H-pyrrole nitrogens is 1. The zero-order chi connectivity index (χ0) is 12.8. The molecule has 1 fully saturated rings. The lowest BCUT2D eigenvalue weighted by Gasteiger charge is -2.38. The number of methoxy groups -OCH3 is 1. The molecule has 0 spiro atoms. The second kappa shape index (κ2) is 4.12. The Balaban J connectivity index is 2.11. The third-order valence-corrected chi connectivity index (χ3v) is 4.41. The molecule has 1 N–H and O–H groups in total. The fourth-order valence-corrected chi connectivity index (χ4v) is 3.07. The van der Waals surface area contributed by atoms with Crippen molar-refractivity contribution in [3.63, 3.8) is 0 Å². The molecule has 2 aromatic rings. The lowest BCUT2D eigenvalue weighted by Crippen LogP contribution is -2.30. The van der Waals surface area contributed by atoms with E-state index in [0.29, 0.717) is 5.41 Å². The summed E-state index contributed by atoms with van der Waals surface area (Å²) in [5, 5.41) is 0. The molecule has 4 heteroatoms. The van der Waals surface area contributed by atoms with Crippen LogP contribution in [0.5, 0.6) is 5.75 Å². The average Bonchev–Trinajstić information content (AvgIpc) is 2.64. The smallest absolute Gasteiger partial charge is 0.178 e. The van der Waals surface area contributed by atoms with E-state index in [-0.39, 0.29) is 0 Å². The fourth-order valence-electron chi connectivity index (χ4n) is 2.80. The molecule has 3 nitrogen and oxygen atoms in total. The number of ether oxygens (including phenoxy) is 1. The van der Waals surface area contributed by atoms with E-state index in [9.17, 15) is 0 Å². The van der Waals surface area contributed by atoms with Crippen LogP contribution in [0.4, 0.5) is 0 Å². The molecule has 1 aromatic carbocycles. The number of rotatable bonds is 3. The van der Waals surface area contributed by atoms with Gasteiger partial charge in [0, 0.05) is 6.54 Å². The number of nitrogens with one attached hydrogen (secondary N) is 1. The van der Waals surface area contributed by atoms with Gasteiger partial charge in [0.15, 0.2) is 4.77 Å². The highest BCUT2D eigenvalue weighted by atomic mass is 32.1. The topological polar surface area (TPSA) is 29.9 Å². The molecule has 96 valence electrons. The van der Waals surface area contributed by atoms with Crippen molar-refractivity contribution >= 4 is 23.3 Å². The molecule has 3 rings (SSSR count). The zero-order valence-electron chi connectivity index (χ0n) is 10.8. The van der Waals surface area contributed by atoms with E-state index >= 15 is 0 Å². The molecule has 1 saturated carbocycles. The van der Waals surface area contributed by atoms with Crippen molar-refractivity contribution in [3.8, 4) is 5.75 Å². The van der Waals surface area contributed by atoms with Crippen LogP contribution in [0.3, 0.4) is 0 Å². The number of nitrogens with zero attached hydrogens (tertiary/aromatic N) is 1. The minimum Gasteiger partial charge on any atom is -0.494 e. The minimum absolute atomic E-state index is 0.413. The van der Waals surface area contributed by atoms with Crippen molar-refractivity contribution in [2.75, 3.05) is 7.11 Å². The Hall–Kier alpha value is -1.29. The summed E-state index contributed by atoms with van der Waals surface area (Å²) in [6, 6.07) is 6.08. The fraction of sp³-hybridized carbons (Fsp3) is 0.500. The number of aromatic amines is 1. The summed E-state index contributed by atoms with van der Waals surface area (Å²) in [4.78, 5) is 3.27.